The SMILES string of the molecule is CC(C)NC(=O)CNS(=O)(=O)c1cccc(C(F)(F)F)c1. The average molecular weight is 324 g/mol. The van der Waals surface area contributed by atoms with Gasteiger partial charge in [-0.05, 0) is 32.0 Å². The molecule has 1 amide bonds. The van der Waals surface area contributed by atoms with Crippen molar-refractivity contribution < 1.29 is 26.4 Å². The number of amides is 1. The lowest BCUT2D eigenvalue weighted by atomic mass is 10.2. The molecule has 2 N–H and O–H groups in total. The van der Waals surface area contributed by atoms with E-state index >= 15 is 0 Å². The highest BCUT2D eigenvalue weighted by Crippen LogP contribution is 2.30. The molecule has 0 aliphatic carbocycles. The van der Waals surface area contributed by atoms with Gasteiger partial charge >= 0.3 is 6.18 Å². The maximum absolute atomic E-state index is 12.5. The predicted octanol–water partition coefficient (Wildman–Crippen LogP) is 1.51. The predicted molar refractivity (Wildman–Crippen MR) is 69.9 cm³/mol. The first kappa shape index (κ1) is 17.4. The molecule has 0 heterocycles. The van der Waals surface area contributed by atoms with Crippen LogP contribution in [0.1, 0.15) is 19.4 Å². The second-order valence-electron chi connectivity index (χ2n) is 4.57. The monoisotopic (exact) mass is 324 g/mol. The van der Waals surface area contributed by atoms with E-state index in [-0.39, 0.29) is 6.04 Å². The highest BCUT2D eigenvalue weighted by atomic mass is 32.2. The zero-order valence-electron chi connectivity index (χ0n) is 11.4. The zero-order valence-corrected chi connectivity index (χ0v) is 12.2. The number of nitrogens with one attached hydrogen (secondary N) is 2. The zero-order chi connectivity index (χ0) is 16.3. The number of rotatable bonds is 5. The largest absolute Gasteiger partial charge is 0.416 e. The standard InChI is InChI=1S/C12H15F3N2O3S/c1-8(2)17-11(18)7-16-21(19,20)10-5-3-4-9(6-10)12(13,14)15/h3-6,8,16H,7H2,1-2H3,(H,17,18). The van der Waals surface area contributed by atoms with Crippen molar-refractivity contribution >= 4 is 15.9 Å². The van der Waals surface area contributed by atoms with Gasteiger partial charge in [-0.2, -0.15) is 13.2 Å². The first-order valence-corrected chi connectivity index (χ1v) is 7.47. The van der Waals surface area contributed by atoms with Crippen LogP contribution in [0.4, 0.5) is 13.2 Å². The summed E-state index contributed by atoms with van der Waals surface area (Å²) in [7, 11) is -4.18. The van der Waals surface area contributed by atoms with E-state index in [0.29, 0.717) is 6.07 Å². The van der Waals surface area contributed by atoms with Gasteiger partial charge in [-0.3, -0.25) is 4.79 Å². The normalized spacial score (nSPS) is 12.5. The van der Waals surface area contributed by atoms with Gasteiger partial charge < -0.3 is 5.32 Å². The van der Waals surface area contributed by atoms with Crippen LogP contribution in [-0.2, 0) is 21.0 Å². The molecule has 0 atom stereocenters. The maximum Gasteiger partial charge on any atom is 0.416 e. The van der Waals surface area contributed by atoms with Crippen LogP contribution in [0.3, 0.4) is 0 Å². The number of halogens is 3. The minimum absolute atomic E-state index is 0.171. The van der Waals surface area contributed by atoms with Gasteiger partial charge in [0.2, 0.25) is 15.9 Å². The fourth-order valence-electron chi connectivity index (χ4n) is 1.46. The summed E-state index contributed by atoms with van der Waals surface area (Å²) < 4.78 is 63.2. The van der Waals surface area contributed by atoms with E-state index in [0.717, 1.165) is 18.2 Å². The molecule has 0 aromatic heterocycles. The third kappa shape index (κ3) is 5.35. The fraction of sp³-hybridized carbons (Fsp3) is 0.417. The molecular formula is C12H15F3N2O3S. The van der Waals surface area contributed by atoms with Gasteiger partial charge in [0.15, 0.2) is 0 Å². The summed E-state index contributed by atoms with van der Waals surface area (Å²) >= 11 is 0. The van der Waals surface area contributed by atoms with Gasteiger partial charge in [0.05, 0.1) is 17.0 Å². The first-order chi connectivity index (χ1) is 9.52. The molecule has 1 aromatic carbocycles. The molecule has 0 saturated carbocycles. The van der Waals surface area contributed by atoms with Gasteiger partial charge in [0.1, 0.15) is 0 Å². The Balaban J connectivity index is 2.86. The number of carbonyl (C=O) groups excluding carboxylic acids is 1. The molecule has 0 radical (unpaired) electrons. The summed E-state index contributed by atoms with van der Waals surface area (Å²) in [5.41, 5.74) is -1.07. The molecule has 0 bridgehead atoms. The molecule has 0 fully saturated rings. The van der Waals surface area contributed by atoms with Crippen LogP contribution >= 0.6 is 0 Å². The number of alkyl halides is 3. The fourth-order valence-corrected chi connectivity index (χ4v) is 2.48. The second kappa shape index (κ2) is 6.44. The van der Waals surface area contributed by atoms with Crippen molar-refractivity contribution in [1.82, 2.24) is 10.0 Å². The molecule has 1 aromatic rings. The third-order valence-electron chi connectivity index (χ3n) is 2.34. The summed E-state index contributed by atoms with van der Waals surface area (Å²) in [6.07, 6.45) is -4.64. The van der Waals surface area contributed by atoms with Gasteiger partial charge in [-0.25, -0.2) is 13.1 Å². The van der Waals surface area contributed by atoms with Gasteiger partial charge in [0.25, 0.3) is 0 Å². The maximum atomic E-state index is 12.5. The van der Waals surface area contributed by atoms with Crippen molar-refractivity contribution in [2.24, 2.45) is 0 Å². The van der Waals surface area contributed by atoms with Crippen molar-refractivity contribution in [3.63, 3.8) is 0 Å². The lowest BCUT2D eigenvalue weighted by Gasteiger charge is -2.11. The minimum Gasteiger partial charge on any atom is -0.353 e. The van der Waals surface area contributed by atoms with Crippen LogP contribution in [0, 0.1) is 0 Å². The second-order valence-corrected chi connectivity index (χ2v) is 6.34. The lowest BCUT2D eigenvalue weighted by Crippen LogP contribution is -2.39. The molecule has 0 unspecified atom stereocenters. The Hall–Kier alpha value is -1.61. The number of hydrogen-bond donors (Lipinski definition) is 2. The Morgan fingerprint density at radius 3 is 2.43 bits per heavy atom. The van der Waals surface area contributed by atoms with Crippen molar-refractivity contribution in [2.45, 2.75) is 31.0 Å². The van der Waals surface area contributed by atoms with Crippen LogP contribution in [-0.4, -0.2) is 26.9 Å². The smallest absolute Gasteiger partial charge is 0.353 e. The highest BCUT2D eigenvalue weighted by Gasteiger charge is 2.31. The van der Waals surface area contributed by atoms with Gasteiger partial charge in [0, 0.05) is 6.04 Å². The lowest BCUT2D eigenvalue weighted by molar-refractivity contribution is -0.137. The van der Waals surface area contributed by atoms with E-state index in [4.69, 9.17) is 0 Å². The average Bonchev–Trinajstić information content (AvgIpc) is 2.35. The summed E-state index contributed by atoms with van der Waals surface area (Å²) in [6, 6.07) is 3.13. The number of benzene rings is 1. The number of sulfonamides is 1. The van der Waals surface area contributed by atoms with E-state index in [2.05, 4.69) is 5.32 Å². The van der Waals surface area contributed by atoms with Crippen LogP contribution in [0.5, 0.6) is 0 Å². The number of carbonyl (C=O) groups is 1. The Bertz CT molecular complexity index is 612. The molecular weight excluding hydrogens is 309 g/mol. The summed E-state index contributed by atoms with van der Waals surface area (Å²) in [6.45, 7) is 2.84. The summed E-state index contributed by atoms with van der Waals surface area (Å²) in [4.78, 5) is 10.8. The molecule has 9 heteroatoms. The molecule has 118 valence electrons. The van der Waals surface area contributed by atoms with E-state index in [9.17, 15) is 26.4 Å². The Labute approximate surface area is 120 Å². The van der Waals surface area contributed by atoms with Crippen LogP contribution in [0.15, 0.2) is 29.2 Å². The van der Waals surface area contributed by atoms with Crippen molar-refractivity contribution in [3.8, 4) is 0 Å². The van der Waals surface area contributed by atoms with E-state index in [1.165, 1.54) is 0 Å². The molecule has 1 rings (SSSR count). The molecule has 5 nitrogen and oxygen atoms in total. The Morgan fingerprint density at radius 1 is 1.29 bits per heavy atom. The minimum atomic E-state index is -4.64. The van der Waals surface area contributed by atoms with Crippen LogP contribution in [0.25, 0.3) is 0 Å². The van der Waals surface area contributed by atoms with E-state index < -0.39 is 39.1 Å². The van der Waals surface area contributed by atoms with Crippen molar-refractivity contribution in [3.05, 3.63) is 29.8 Å². The topological polar surface area (TPSA) is 75.3 Å². The molecule has 0 aliphatic rings. The molecule has 21 heavy (non-hydrogen) atoms. The van der Waals surface area contributed by atoms with Gasteiger partial charge in [-0.1, -0.05) is 6.07 Å². The van der Waals surface area contributed by atoms with E-state index in [1.54, 1.807) is 13.8 Å². The quantitative estimate of drug-likeness (QED) is 0.862. The summed E-state index contributed by atoms with van der Waals surface area (Å²) in [5.74, 6) is -0.569. The van der Waals surface area contributed by atoms with Crippen molar-refractivity contribution in [2.75, 3.05) is 6.54 Å². The Morgan fingerprint density at radius 2 is 1.90 bits per heavy atom. The molecule has 0 saturated heterocycles. The van der Waals surface area contributed by atoms with Crippen molar-refractivity contribution in [1.29, 1.82) is 0 Å². The van der Waals surface area contributed by atoms with Crippen LogP contribution in [0.2, 0.25) is 0 Å². The third-order valence-corrected chi connectivity index (χ3v) is 3.74. The molecule has 0 spiro atoms. The van der Waals surface area contributed by atoms with Gasteiger partial charge in [-0.15, -0.1) is 0 Å². The summed E-state index contributed by atoms with van der Waals surface area (Å²) in [5, 5.41) is 2.46. The van der Waals surface area contributed by atoms with Crippen LogP contribution < -0.4 is 10.0 Å². The first-order valence-electron chi connectivity index (χ1n) is 5.98. The molecule has 0 aliphatic heterocycles. The number of hydrogen-bond acceptors (Lipinski definition) is 3. The van der Waals surface area contributed by atoms with E-state index in [1.807, 2.05) is 4.72 Å². The Kier molecular flexibility index (Phi) is 5.35. The highest BCUT2D eigenvalue weighted by molar-refractivity contribution is 7.89.